The molecule has 5 heteroatoms. The van der Waals surface area contributed by atoms with Gasteiger partial charge in [0.1, 0.15) is 12.2 Å². The van der Waals surface area contributed by atoms with Crippen molar-refractivity contribution in [3.05, 3.63) is 41.5 Å². The van der Waals surface area contributed by atoms with E-state index in [-0.39, 0.29) is 18.0 Å². The lowest BCUT2D eigenvalue weighted by atomic mass is 9.87. The van der Waals surface area contributed by atoms with Gasteiger partial charge in [0.25, 0.3) is 0 Å². The lowest BCUT2D eigenvalue weighted by Crippen LogP contribution is -2.47. The Morgan fingerprint density at radius 1 is 0.923 bits per heavy atom. The predicted octanol–water partition coefficient (Wildman–Crippen LogP) is 3.47. The van der Waals surface area contributed by atoms with Crippen LogP contribution in [0, 0.1) is 0 Å². The minimum absolute atomic E-state index is 0.0174. The van der Waals surface area contributed by atoms with E-state index in [0.29, 0.717) is 12.8 Å². The van der Waals surface area contributed by atoms with Crippen molar-refractivity contribution in [2.75, 3.05) is 0 Å². The summed E-state index contributed by atoms with van der Waals surface area (Å²) in [7, 11) is 0. The van der Waals surface area contributed by atoms with E-state index in [1.807, 2.05) is 64.1 Å². The molecule has 5 nitrogen and oxygen atoms in total. The molecule has 0 bridgehead atoms. The quantitative estimate of drug-likeness (QED) is 0.720. The van der Waals surface area contributed by atoms with Gasteiger partial charge in [0.2, 0.25) is 0 Å². The van der Waals surface area contributed by atoms with Crippen LogP contribution in [0.15, 0.2) is 35.9 Å². The number of Topliss-reactive ketones (excluding diaryl/α,β-unsaturated/α-hetero) is 1. The molecule has 2 heterocycles. The molecule has 1 saturated carbocycles. The van der Waals surface area contributed by atoms with Gasteiger partial charge in [-0.15, -0.1) is 0 Å². The van der Waals surface area contributed by atoms with E-state index in [9.17, 15) is 4.79 Å². The maximum atomic E-state index is 13.3. The Bertz CT molecular complexity index is 721. The van der Waals surface area contributed by atoms with E-state index in [0.717, 1.165) is 11.1 Å². The first kappa shape index (κ1) is 17.9. The summed E-state index contributed by atoms with van der Waals surface area (Å²) in [5.41, 5.74) is 1.76. The van der Waals surface area contributed by atoms with Crippen molar-refractivity contribution in [1.82, 2.24) is 0 Å². The third-order valence-electron chi connectivity index (χ3n) is 5.09. The first-order chi connectivity index (χ1) is 12.2. The first-order valence-electron chi connectivity index (χ1n) is 9.25. The lowest BCUT2D eigenvalue weighted by molar-refractivity contribution is -0.175. The van der Waals surface area contributed by atoms with Crippen LogP contribution >= 0.6 is 0 Å². The minimum Gasteiger partial charge on any atom is -0.344 e. The summed E-state index contributed by atoms with van der Waals surface area (Å²) in [6.07, 6.45) is 1.72. The van der Waals surface area contributed by atoms with Crippen molar-refractivity contribution in [3.8, 4) is 0 Å². The molecule has 0 amide bonds. The van der Waals surface area contributed by atoms with Gasteiger partial charge in [0.15, 0.2) is 23.5 Å². The van der Waals surface area contributed by atoms with Crippen molar-refractivity contribution >= 4 is 11.9 Å². The molecular formula is C21H26O5. The van der Waals surface area contributed by atoms with Crippen LogP contribution in [0.25, 0.3) is 6.08 Å². The van der Waals surface area contributed by atoms with Crippen LogP contribution in [-0.4, -0.2) is 41.8 Å². The molecule has 4 atom stereocenters. The highest BCUT2D eigenvalue weighted by Crippen LogP contribution is 2.42. The molecule has 3 aliphatic rings. The largest absolute Gasteiger partial charge is 0.344 e. The van der Waals surface area contributed by atoms with Crippen molar-refractivity contribution in [1.29, 1.82) is 0 Å². The van der Waals surface area contributed by atoms with Gasteiger partial charge >= 0.3 is 0 Å². The van der Waals surface area contributed by atoms with Crippen molar-refractivity contribution in [3.63, 3.8) is 0 Å². The van der Waals surface area contributed by atoms with Gasteiger partial charge in [-0.2, -0.15) is 0 Å². The summed E-state index contributed by atoms with van der Waals surface area (Å²) < 4.78 is 24.3. The SMILES string of the molecule is CC1(C)O[C@H]2[C@@H]3OC(C)(C)O[C@H]3C(=O)/C(=C\c3ccccc3)CC[C@H]2O1. The molecule has 1 aromatic rings. The number of ether oxygens (including phenoxy) is 4. The molecule has 0 spiro atoms. The average Bonchev–Trinajstić information content (AvgIpc) is 3.06. The first-order valence-corrected chi connectivity index (χ1v) is 9.25. The zero-order chi connectivity index (χ0) is 18.5. The van der Waals surface area contributed by atoms with Gasteiger partial charge in [-0.1, -0.05) is 30.3 Å². The van der Waals surface area contributed by atoms with Gasteiger partial charge < -0.3 is 18.9 Å². The Balaban J connectivity index is 1.70. The van der Waals surface area contributed by atoms with Crippen LogP contribution < -0.4 is 0 Å². The number of carbonyl (C=O) groups excluding carboxylic acids is 1. The molecule has 2 aliphatic heterocycles. The van der Waals surface area contributed by atoms with E-state index in [1.54, 1.807) is 0 Å². The highest BCUT2D eigenvalue weighted by atomic mass is 16.8. The van der Waals surface area contributed by atoms with Gasteiger partial charge in [0.05, 0.1) is 6.10 Å². The zero-order valence-corrected chi connectivity index (χ0v) is 15.7. The molecule has 26 heavy (non-hydrogen) atoms. The van der Waals surface area contributed by atoms with Gasteiger partial charge in [-0.25, -0.2) is 0 Å². The number of rotatable bonds is 1. The molecule has 0 radical (unpaired) electrons. The van der Waals surface area contributed by atoms with E-state index in [4.69, 9.17) is 18.9 Å². The highest BCUT2D eigenvalue weighted by Gasteiger charge is 2.56. The van der Waals surface area contributed by atoms with Crippen molar-refractivity contribution < 1.29 is 23.7 Å². The number of benzene rings is 1. The van der Waals surface area contributed by atoms with E-state index in [2.05, 4.69) is 0 Å². The predicted molar refractivity (Wildman–Crippen MR) is 96.3 cm³/mol. The van der Waals surface area contributed by atoms with Crippen LogP contribution in [0.3, 0.4) is 0 Å². The fourth-order valence-electron chi connectivity index (χ4n) is 4.09. The van der Waals surface area contributed by atoms with Crippen LogP contribution in [-0.2, 0) is 23.7 Å². The van der Waals surface area contributed by atoms with Gasteiger partial charge in [0, 0.05) is 0 Å². The maximum absolute atomic E-state index is 13.3. The van der Waals surface area contributed by atoms with Crippen molar-refractivity contribution in [2.45, 2.75) is 76.5 Å². The molecule has 1 aromatic carbocycles. The summed E-state index contributed by atoms with van der Waals surface area (Å²) in [6, 6.07) is 9.88. The molecule has 2 saturated heterocycles. The second kappa shape index (κ2) is 6.27. The molecule has 140 valence electrons. The molecule has 0 N–H and O–H groups in total. The number of hydrogen-bond acceptors (Lipinski definition) is 5. The normalized spacial score (nSPS) is 37.1. The fraction of sp³-hybridized carbons (Fsp3) is 0.571. The van der Waals surface area contributed by atoms with Crippen LogP contribution in [0.1, 0.15) is 46.1 Å². The summed E-state index contributed by atoms with van der Waals surface area (Å²) in [6.45, 7) is 7.47. The number of carbonyl (C=O) groups is 1. The maximum Gasteiger partial charge on any atom is 0.190 e. The summed E-state index contributed by atoms with van der Waals surface area (Å²) in [5.74, 6) is -1.53. The Morgan fingerprint density at radius 3 is 2.31 bits per heavy atom. The average molecular weight is 358 g/mol. The lowest BCUT2D eigenvalue weighted by Gasteiger charge is -2.28. The Labute approximate surface area is 154 Å². The molecule has 1 aliphatic carbocycles. The number of ketones is 1. The van der Waals surface area contributed by atoms with E-state index in [1.165, 1.54) is 0 Å². The Hall–Kier alpha value is -1.53. The summed E-state index contributed by atoms with van der Waals surface area (Å²) in [4.78, 5) is 13.3. The van der Waals surface area contributed by atoms with Crippen LogP contribution in [0.2, 0.25) is 0 Å². The monoisotopic (exact) mass is 358 g/mol. The van der Waals surface area contributed by atoms with E-state index < -0.39 is 23.8 Å². The smallest absolute Gasteiger partial charge is 0.190 e. The third-order valence-corrected chi connectivity index (χ3v) is 5.09. The minimum atomic E-state index is -0.826. The molecule has 4 rings (SSSR count). The van der Waals surface area contributed by atoms with Gasteiger partial charge in [-0.05, 0) is 57.7 Å². The Morgan fingerprint density at radius 2 is 1.58 bits per heavy atom. The number of fused-ring (bicyclic) bond motifs is 3. The second-order valence-electron chi connectivity index (χ2n) is 8.14. The summed E-state index contributed by atoms with van der Waals surface area (Å²) in [5, 5.41) is 0. The van der Waals surface area contributed by atoms with Crippen molar-refractivity contribution in [2.24, 2.45) is 0 Å². The van der Waals surface area contributed by atoms with Gasteiger partial charge in [-0.3, -0.25) is 4.79 Å². The second-order valence-corrected chi connectivity index (χ2v) is 8.14. The Kier molecular flexibility index (Phi) is 4.31. The fourth-order valence-corrected chi connectivity index (χ4v) is 4.09. The molecule has 0 unspecified atom stereocenters. The molecular weight excluding hydrogens is 332 g/mol. The summed E-state index contributed by atoms with van der Waals surface area (Å²) >= 11 is 0. The standard InChI is InChI=1S/C21H26O5/c1-20(2)23-15-11-10-14(12-13-8-6-5-7-9-13)16(22)18-19(17(15)24-20)26-21(3,4)25-18/h5-9,12,15,17-19H,10-11H2,1-4H3/b14-12-/t15-,17-,18+,19+/m1/s1. The molecule has 3 fully saturated rings. The number of hydrogen-bond donors (Lipinski definition) is 0. The molecule has 0 aromatic heterocycles. The van der Waals surface area contributed by atoms with E-state index >= 15 is 0 Å². The topological polar surface area (TPSA) is 54.0 Å². The van der Waals surface area contributed by atoms with Crippen LogP contribution in [0.4, 0.5) is 0 Å². The third kappa shape index (κ3) is 3.37. The zero-order valence-electron chi connectivity index (χ0n) is 15.7. The highest BCUT2D eigenvalue weighted by molar-refractivity contribution is 6.03. The van der Waals surface area contributed by atoms with Crippen LogP contribution in [0.5, 0.6) is 0 Å².